The lowest BCUT2D eigenvalue weighted by Crippen LogP contribution is -2.60. The average molecular weight is 521 g/mol. The molecule has 0 saturated carbocycles. The highest BCUT2D eigenvalue weighted by atomic mass is 16.7. The number of carbonyl (C=O) groups excluding carboxylic acids is 1. The molecule has 11 nitrogen and oxygen atoms in total. The van der Waals surface area contributed by atoms with Crippen LogP contribution in [-0.4, -0.2) is 89.6 Å². The van der Waals surface area contributed by atoms with E-state index < -0.39 is 43.2 Å². The lowest BCUT2D eigenvalue weighted by atomic mass is 9.85. The Morgan fingerprint density at radius 1 is 0.892 bits per heavy atom. The van der Waals surface area contributed by atoms with E-state index in [1.807, 2.05) is 0 Å². The van der Waals surface area contributed by atoms with Crippen LogP contribution in [0.2, 0.25) is 0 Å². The van der Waals surface area contributed by atoms with Crippen molar-refractivity contribution in [2.24, 2.45) is 11.8 Å². The number of methoxy groups -OCH3 is 2. The topological polar surface area (TPSA) is 164 Å². The highest BCUT2D eigenvalue weighted by Crippen LogP contribution is 2.36. The Labute approximate surface area is 213 Å². The number of phenolic OH excluding ortho intramolecular Hbond substituents is 1. The molecule has 0 radical (unpaired) electrons. The summed E-state index contributed by atoms with van der Waals surface area (Å²) in [6.45, 7) is -0.293. The summed E-state index contributed by atoms with van der Waals surface area (Å²) >= 11 is 0. The van der Waals surface area contributed by atoms with Gasteiger partial charge in [0, 0.05) is 5.92 Å². The monoisotopic (exact) mass is 520 g/mol. The van der Waals surface area contributed by atoms with E-state index in [-0.39, 0.29) is 30.0 Å². The van der Waals surface area contributed by atoms with E-state index in [4.69, 9.17) is 23.7 Å². The van der Waals surface area contributed by atoms with E-state index in [1.54, 1.807) is 36.4 Å². The normalized spacial score (nSPS) is 29.6. The maximum Gasteiger partial charge on any atom is 0.309 e. The largest absolute Gasteiger partial charge is 0.504 e. The second-order valence-corrected chi connectivity index (χ2v) is 9.21. The van der Waals surface area contributed by atoms with Crippen LogP contribution in [0.15, 0.2) is 36.4 Å². The smallest absolute Gasteiger partial charge is 0.309 e. The van der Waals surface area contributed by atoms with Crippen molar-refractivity contribution in [3.05, 3.63) is 47.5 Å². The molecule has 202 valence electrons. The highest BCUT2D eigenvalue weighted by molar-refractivity contribution is 5.75. The number of esters is 1. The first kappa shape index (κ1) is 27.0. The van der Waals surface area contributed by atoms with Gasteiger partial charge in [0.2, 0.25) is 6.29 Å². The van der Waals surface area contributed by atoms with Crippen LogP contribution < -0.4 is 14.2 Å². The minimum absolute atomic E-state index is 0.0414. The number of hydrogen-bond donors (Lipinski definition) is 5. The van der Waals surface area contributed by atoms with Gasteiger partial charge >= 0.3 is 5.97 Å². The van der Waals surface area contributed by atoms with Gasteiger partial charge in [0.05, 0.1) is 33.4 Å². The fourth-order valence-electron chi connectivity index (χ4n) is 4.69. The second-order valence-electron chi connectivity index (χ2n) is 9.21. The third kappa shape index (κ3) is 5.76. The maximum atomic E-state index is 12.5. The standard InChI is InChI=1S/C26H32O11/c1-33-19-9-13(3-5-17(19)28)7-15-12-35-25(32)16(15)8-14-4-6-18(20(10-14)34-2)36-26-24(31)23(30)22(29)21(11-27)37-26/h3-6,9-10,15-16,21-24,26-31H,7-8,11-12H2,1-2H3/t15-,16-,21-,22-,23+,24-,26-/m1/s1. The fourth-order valence-corrected chi connectivity index (χ4v) is 4.69. The summed E-state index contributed by atoms with van der Waals surface area (Å²) < 4.78 is 27.1. The molecule has 0 amide bonds. The van der Waals surface area contributed by atoms with Crippen LogP contribution in [-0.2, 0) is 27.1 Å². The van der Waals surface area contributed by atoms with Gasteiger partial charge in [-0.2, -0.15) is 0 Å². The predicted molar refractivity (Wildman–Crippen MR) is 127 cm³/mol. The summed E-state index contributed by atoms with van der Waals surface area (Å²) in [6, 6.07) is 10.1. The number of benzene rings is 2. The number of carbonyl (C=O) groups is 1. The maximum absolute atomic E-state index is 12.5. The van der Waals surface area contributed by atoms with Gasteiger partial charge in [-0.3, -0.25) is 4.79 Å². The number of ether oxygens (including phenoxy) is 5. The third-order valence-corrected chi connectivity index (χ3v) is 6.83. The van der Waals surface area contributed by atoms with Gasteiger partial charge in [0.1, 0.15) is 24.4 Å². The van der Waals surface area contributed by atoms with Crippen molar-refractivity contribution in [1.29, 1.82) is 0 Å². The summed E-state index contributed by atoms with van der Waals surface area (Å²) in [5.74, 6) is 0.132. The zero-order valence-corrected chi connectivity index (χ0v) is 20.5. The fraction of sp³-hybridized carbons (Fsp3) is 0.500. The van der Waals surface area contributed by atoms with Crippen LogP contribution in [0.3, 0.4) is 0 Å². The minimum Gasteiger partial charge on any atom is -0.504 e. The van der Waals surface area contributed by atoms with Gasteiger partial charge in [-0.1, -0.05) is 12.1 Å². The molecule has 4 rings (SSSR count). The van der Waals surface area contributed by atoms with Crippen LogP contribution in [0.5, 0.6) is 23.0 Å². The summed E-state index contributed by atoms with van der Waals surface area (Å²) in [7, 11) is 2.91. The molecule has 0 unspecified atom stereocenters. The van der Waals surface area contributed by atoms with Crippen molar-refractivity contribution in [1.82, 2.24) is 0 Å². The molecule has 0 aliphatic carbocycles. The van der Waals surface area contributed by atoms with Gasteiger partial charge in [-0.05, 0) is 48.2 Å². The number of rotatable bonds is 9. The molecule has 0 aromatic heterocycles. The molecule has 37 heavy (non-hydrogen) atoms. The van der Waals surface area contributed by atoms with Crippen molar-refractivity contribution in [3.63, 3.8) is 0 Å². The lowest BCUT2D eigenvalue weighted by molar-refractivity contribution is -0.277. The molecule has 5 N–H and O–H groups in total. The van der Waals surface area contributed by atoms with Gasteiger partial charge in [-0.15, -0.1) is 0 Å². The summed E-state index contributed by atoms with van der Waals surface area (Å²) in [5, 5.41) is 49.5. The molecule has 7 atom stereocenters. The van der Waals surface area contributed by atoms with Crippen molar-refractivity contribution < 1.29 is 54.0 Å². The van der Waals surface area contributed by atoms with Crippen LogP contribution >= 0.6 is 0 Å². The second kappa shape index (κ2) is 11.5. The van der Waals surface area contributed by atoms with E-state index in [1.165, 1.54) is 14.2 Å². The Morgan fingerprint density at radius 3 is 2.27 bits per heavy atom. The first-order chi connectivity index (χ1) is 17.7. The van der Waals surface area contributed by atoms with Crippen molar-refractivity contribution in [3.8, 4) is 23.0 Å². The average Bonchev–Trinajstić information content (AvgIpc) is 3.24. The van der Waals surface area contributed by atoms with Crippen molar-refractivity contribution in [2.75, 3.05) is 27.4 Å². The molecule has 0 spiro atoms. The molecular weight excluding hydrogens is 488 g/mol. The predicted octanol–water partition coefficient (Wildman–Crippen LogP) is 0.163. The molecule has 2 aromatic rings. The molecule has 11 heteroatoms. The molecule has 2 aliphatic rings. The number of aromatic hydroxyl groups is 1. The van der Waals surface area contributed by atoms with Crippen LogP contribution in [0, 0.1) is 11.8 Å². The van der Waals surface area contributed by atoms with E-state index in [9.17, 15) is 30.3 Å². The molecule has 2 aliphatic heterocycles. The zero-order valence-electron chi connectivity index (χ0n) is 20.5. The minimum atomic E-state index is -1.57. The molecule has 2 fully saturated rings. The summed E-state index contributed by atoms with van der Waals surface area (Å²) in [4.78, 5) is 12.5. The summed E-state index contributed by atoms with van der Waals surface area (Å²) in [6.07, 6.45) is -6.14. The zero-order chi connectivity index (χ0) is 26.7. The number of hydrogen-bond acceptors (Lipinski definition) is 11. The van der Waals surface area contributed by atoms with Crippen molar-refractivity contribution in [2.45, 2.75) is 43.5 Å². The van der Waals surface area contributed by atoms with Crippen molar-refractivity contribution >= 4 is 5.97 Å². The first-order valence-corrected chi connectivity index (χ1v) is 11.9. The Hall–Kier alpha value is -3.09. The Kier molecular flexibility index (Phi) is 8.40. The van der Waals surface area contributed by atoms with Crippen LogP contribution in [0.4, 0.5) is 0 Å². The molecule has 2 saturated heterocycles. The van der Waals surface area contributed by atoms with E-state index >= 15 is 0 Å². The number of aliphatic hydroxyl groups is 4. The first-order valence-electron chi connectivity index (χ1n) is 11.9. The van der Waals surface area contributed by atoms with Crippen LogP contribution in [0.1, 0.15) is 11.1 Å². The Bertz CT molecular complexity index is 1090. The SMILES string of the molecule is COc1cc(C[C@@H]2COC(=O)[C@@H]2Cc2ccc(O[C@@H]3O[C@H](CO)[C@@H](O)[C@H](O)[C@H]3O)c(OC)c2)ccc1O. The van der Waals surface area contributed by atoms with Gasteiger partial charge in [0.25, 0.3) is 0 Å². The molecular formula is C26H32O11. The third-order valence-electron chi connectivity index (χ3n) is 6.83. The molecule has 2 heterocycles. The Balaban J connectivity index is 1.47. The quantitative estimate of drug-likeness (QED) is 0.286. The molecule has 0 bridgehead atoms. The van der Waals surface area contributed by atoms with Crippen LogP contribution in [0.25, 0.3) is 0 Å². The Morgan fingerprint density at radius 2 is 1.57 bits per heavy atom. The lowest BCUT2D eigenvalue weighted by Gasteiger charge is -2.39. The van der Waals surface area contributed by atoms with E-state index in [0.717, 1.165) is 11.1 Å². The number of phenols is 1. The number of cyclic esters (lactones) is 1. The van der Waals surface area contributed by atoms with Gasteiger partial charge < -0.3 is 49.2 Å². The van der Waals surface area contributed by atoms with E-state index in [0.29, 0.717) is 24.3 Å². The highest BCUT2D eigenvalue weighted by Gasteiger charge is 2.45. The summed E-state index contributed by atoms with van der Waals surface area (Å²) in [5.41, 5.74) is 1.69. The molecule has 2 aromatic carbocycles. The van der Waals surface area contributed by atoms with Gasteiger partial charge in [0.15, 0.2) is 23.0 Å². The van der Waals surface area contributed by atoms with Gasteiger partial charge in [-0.25, -0.2) is 0 Å². The number of aliphatic hydroxyl groups excluding tert-OH is 4. The van der Waals surface area contributed by atoms with E-state index in [2.05, 4.69) is 0 Å².